The van der Waals surface area contributed by atoms with Crippen LogP contribution in [0.3, 0.4) is 0 Å². The topological polar surface area (TPSA) is 89.8 Å². The molecule has 29 heavy (non-hydrogen) atoms. The predicted octanol–water partition coefficient (Wildman–Crippen LogP) is 2.73. The zero-order valence-corrected chi connectivity index (χ0v) is 17.0. The van der Waals surface area contributed by atoms with Gasteiger partial charge in [-0.05, 0) is 25.7 Å². The number of hydrogen-bond acceptors (Lipinski definition) is 4. The molecule has 0 aliphatic rings. The quantitative estimate of drug-likeness (QED) is 0.431. The molecule has 2 heterocycles. The lowest BCUT2D eigenvalue weighted by Gasteiger charge is -2.20. The summed E-state index contributed by atoms with van der Waals surface area (Å²) in [5.41, 5.74) is -0.307. The van der Waals surface area contributed by atoms with Crippen LogP contribution >= 0.6 is 0 Å². The maximum Gasteiger partial charge on any atom is 0.333 e. The van der Waals surface area contributed by atoms with E-state index in [0.717, 1.165) is 23.1 Å². The Hall–Kier alpha value is -3.14. The first-order chi connectivity index (χ1) is 14.0. The van der Waals surface area contributed by atoms with E-state index < -0.39 is 11.2 Å². The maximum atomic E-state index is 13.0. The van der Waals surface area contributed by atoms with Crippen molar-refractivity contribution >= 4 is 11.0 Å². The van der Waals surface area contributed by atoms with E-state index in [-0.39, 0.29) is 23.9 Å². The fraction of sp³-hybridized carbons (Fsp3) is 0.455. The third kappa shape index (κ3) is 4.65. The number of rotatable bonds is 11. The molecule has 0 fully saturated rings. The van der Waals surface area contributed by atoms with Crippen LogP contribution in [-0.2, 0) is 26.1 Å². The Labute approximate surface area is 169 Å². The highest BCUT2D eigenvalue weighted by atomic mass is 16.2. The lowest BCUT2D eigenvalue weighted by atomic mass is 10.1. The molecule has 0 amide bonds. The van der Waals surface area contributed by atoms with Crippen molar-refractivity contribution in [1.82, 2.24) is 13.7 Å². The third-order valence-corrected chi connectivity index (χ3v) is 4.88. The number of nitrogens with zero attached hydrogens (tertiary/aromatic N) is 4. The highest BCUT2D eigenvalue weighted by Gasteiger charge is 2.19. The van der Waals surface area contributed by atoms with Gasteiger partial charge in [0, 0.05) is 37.8 Å². The summed E-state index contributed by atoms with van der Waals surface area (Å²) in [7, 11) is 0. The molecular weight excluding hydrogens is 368 g/mol. The summed E-state index contributed by atoms with van der Waals surface area (Å²) in [4.78, 5) is 38.9. The molecule has 0 radical (unpaired) electrons. The van der Waals surface area contributed by atoms with Crippen molar-refractivity contribution < 1.29 is 0 Å². The van der Waals surface area contributed by atoms with Crippen LogP contribution in [0, 0.1) is 11.3 Å². The van der Waals surface area contributed by atoms with Gasteiger partial charge in [0.05, 0.1) is 6.07 Å². The van der Waals surface area contributed by atoms with Gasteiger partial charge in [0.2, 0.25) is 0 Å². The SMILES string of the molecule is C=CCn1c(=O)c2c(=O)cc(CCCC)n(CCCCC#N)c2n(CC=C)c1=O. The first-order valence-corrected chi connectivity index (χ1v) is 10.0. The van der Waals surface area contributed by atoms with Crippen molar-refractivity contribution in [1.29, 1.82) is 5.26 Å². The number of hydrogen-bond donors (Lipinski definition) is 0. The second kappa shape index (κ2) is 10.4. The van der Waals surface area contributed by atoms with Crippen LogP contribution in [0.25, 0.3) is 11.0 Å². The molecule has 0 N–H and O–H groups in total. The Morgan fingerprint density at radius 1 is 1.03 bits per heavy atom. The highest BCUT2D eigenvalue weighted by molar-refractivity contribution is 5.75. The normalized spacial score (nSPS) is 10.8. The molecule has 154 valence electrons. The summed E-state index contributed by atoms with van der Waals surface area (Å²) in [6.07, 6.45) is 7.42. The van der Waals surface area contributed by atoms with Crippen molar-refractivity contribution in [2.75, 3.05) is 0 Å². The lowest BCUT2D eigenvalue weighted by Crippen LogP contribution is -2.43. The van der Waals surface area contributed by atoms with Gasteiger partial charge >= 0.3 is 5.69 Å². The Bertz CT molecular complexity index is 1110. The lowest BCUT2D eigenvalue weighted by molar-refractivity contribution is 0.567. The summed E-state index contributed by atoms with van der Waals surface area (Å²) in [5.74, 6) is 0. The number of unbranched alkanes of at least 4 members (excludes halogenated alkanes) is 3. The van der Waals surface area contributed by atoms with E-state index in [1.54, 1.807) is 6.08 Å². The first kappa shape index (κ1) is 22.2. The second-order valence-corrected chi connectivity index (χ2v) is 6.96. The van der Waals surface area contributed by atoms with E-state index in [4.69, 9.17) is 5.26 Å². The summed E-state index contributed by atoms with van der Waals surface area (Å²) < 4.78 is 4.38. The smallest absolute Gasteiger partial charge is 0.331 e. The van der Waals surface area contributed by atoms with Gasteiger partial charge in [-0.1, -0.05) is 25.5 Å². The van der Waals surface area contributed by atoms with Gasteiger partial charge in [-0.25, -0.2) is 4.79 Å². The number of aryl methyl sites for hydroxylation is 2. The van der Waals surface area contributed by atoms with E-state index in [0.29, 0.717) is 37.9 Å². The number of allylic oxidation sites excluding steroid dienone is 2. The van der Waals surface area contributed by atoms with E-state index in [1.165, 1.54) is 16.7 Å². The third-order valence-electron chi connectivity index (χ3n) is 4.88. The maximum absolute atomic E-state index is 13.0. The molecule has 2 aromatic heterocycles. The summed E-state index contributed by atoms with van der Waals surface area (Å²) in [6.45, 7) is 10.1. The molecule has 0 bridgehead atoms. The van der Waals surface area contributed by atoms with Crippen LogP contribution < -0.4 is 16.7 Å². The minimum Gasteiger partial charge on any atom is -0.331 e. The Morgan fingerprint density at radius 2 is 1.72 bits per heavy atom. The van der Waals surface area contributed by atoms with Gasteiger partial charge < -0.3 is 4.57 Å². The average Bonchev–Trinajstić information content (AvgIpc) is 2.70. The van der Waals surface area contributed by atoms with Crippen LogP contribution in [0.1, 0.15) is 44.7 Å². The van der Waals surface area contributed by atoms with E-state index >= 15 is 0 Å². The van der Waals surface area contributed by atoms with Crippen LogP contribution in [0.2, 0.25) is 0 Å². The molecule has 0 saturated heterocycles. The van der Waals surface area contributed by atoms with Gasteiger partial charge in [-0.3, -0.25) is 18.7 Å². The van der Waals surface area contributed by atoms with Crippen molar-refractivity contribution in [3.05, 3.63) is 68.1 Å². The van der Waals surface area contributed by atoms with Crippen LogP contribution in [-0.4, -0.2) is 13.7 Å². The van der Waals surface area contributed by atoms with E-state index in [1.807, 2.05) is 4.57 Å². The van der Waals surface area contributed by atoms with Crippen molar-refractivity contribution in [2.45, 2.75) is 65.1 Å². The molecule has 7 nitrogen and oxygen atoms in total. The van der Waals surface area contributed by atoms with Crippen LogP contribution in [0.4, 0.5) is 0 Å². The fourth-order valence-electron chi connectivity index (χ4n) is 3.49. The first-order valence-electron chi connectivity index (χ1n) is 10.0. The molecule has 2 aromatic rings. The number of pyridine rings is 1. The molecule has 7 heteroatoms. The monoisotopic (exact) mass is 396 g/mol. The van der Waals surface area contributed by atoms with Gasteiger partial charge in [-0.15, -0.1) is 13.2 Å². The van der Waals surface area contributed by atoms with Crippen molar-refractivity contribution in [3.63, 3.8) is 0 Å². The Balaban J connectivity index is 2.90. The molecular formula is C22H28N4O3. The molecule has 0 saturated carbocycles. The van der Waals surface area contributed by atoms with Crippen LogP contribution in [0.5, 0.6) is 0 Å². The zero-order valence-electron chi connectivity index (χ0n) is 17.0. The average molecular weight is 396 g/mol. The molecule has 0 unspecified atom stereocenters. The summed E-state index contributed by atoms with van der Waals surface area (Å²) in [5, 5.41) is 8.81. The minimum atomic E-state index is -0.594. The van der Waals surface area contributed by atoms with E-state index in [9.17, 15) is 14.4 Å². The minimum absolute atomic E-state index is 0.00818. The fourth-order valence-corrected chi connectivity index (χ4v) is 3.49. The largest absolute Gasteiger partial charge is 0.333 e. The molecule has 0 atom stereocenters. The van der Waals surface area contributed by atoms with Crippen LogP contribution in [0.15, 0.2) is 45.8 Å². The number of aromatic nitrogens is 3. The van der Waals surface area contributed by atoms with Crippen molar-refractivity contribution in [3.8, 4) is 6.07 Å². The summed E-state index contributed by atoms with van der Waals surface area (Å²) >= 11 is 0. The predicted molar refractivity (Wildman–Crippen MR) is 115 cm³/mol. The summed E-state index contributed by atoms with van der Waals surface area (Å²) in [6, 6.07) is 3.65. The Morgan fingerprint density at radius 3 is 2.34 bits per heavy atom. The van der Waals surface area contributed by atoms with Gasteiger partial charge in [0.25, 0.3) is 5.56 Å². The Kier molecular flexibility index (Phi) is 7.96. The number of nitriles is 1. The second-order valence-electron chi connectivity index (χ2n) is 6.96. The molecule has 0 aliphatic heterocycles. The zero-order chi connectivity index (χ0) is 21.4. The van der Waals surface area contributed by atoms with Gasteiger partial charge in [0.1, 0.15) is 11.0 Å². The van der Waals surface area contributed by atoms with Gasteiger partial charge in [-0.2, -0.15) is 5.26 Å². The number of fused-ring (bicyclic) bond motifs is 1. The van der Waals surface area contributed by atoms with E-state index in [2.05, 4.69) is 26.2 Å². The van der Waals surface area contributed by atoms with Crippen molar-refractivity contribution in [2.24, 2.45) is 0 Å². The molecule has 0 aliphatic carbocycles. The molecule has 0 spiro atoms. The molecule has 2 rings (SSSR count). The van der Waals surface area contributed by atoms with Gasteiger partial charge in [0.15, 0.2) is 5.43 Å². The highest BCUT2D eigenvalue weighted by Crippen LogP contribution is 2.14. The standard InChI is InChI=1S/C22H28N4O3/c1-4-7-11-17-16-18(27)19-20(24(17)15-10-8-9-12-23)25(13-5-2)22(29)26(14-6-3)21(19)28/h5-6,16H,2-4,7-11,13-15H2,1H3. The molecule has 0 aromatic carbocycles.